The number of anilines is 1. The summed E-state index contributed by atoms with van der Waals surface area (Å²) in [5.41, 5.74) is 1.74. The van der Waals surface area contributed by atoms with E-state index in [0.717, 1.165) is 18.9 Å². The van der Waals surface area contributed by atoms with Crippen LogP contribution in [0.15, 0.2) is 36.5 Å². The second kappa shape index (κ2) is 3.95. The third kappa shape index (κ3) is 1.76. The lowest BCUT2D eigenvalue weighted by atomic mass is 10.2. The van der Waals surface area contributed by atoms with Gasteiger partial charge in [0.2, 0.25) is 0 Å². The molecular formula is C11H11N3. The third-order valence-corrected chi connectivity index (χ3v) is 2.14. The molecule has 1 aromatic carbocycles. The lowest BCUT2D eigenvalue weighted by Gasteiger charge is -2.24. The average Bonchev–Trinajstić information content (AvgIpc) is 2.30. The van der Waals surface area contributed by atoms with Crippen molar-refractivity contribution in [1.29, 1.82) is 5.26 Å². The molecule has 1 aliphatic heterocycles. The Hall–Kier alpha value is -1.79. The molecule has 1 aliphatic rings. The predicted octanol–water partition coefficient (Wildman–Crippen LogP) is 1.44. The van der Waals surface area contributed by atoms with Crippen molar-refractivity contribution in [2.45, 2.75) is 0 Å². The number of nitrogens with one attached hydrogen (secondary N) is 1. The minimum atomic E-state index is 0.696. The molecule has 0 amide bonds. The molecule has 0 spiro atoms. The first-order valence-electron chi connectivity index (χ1n) is 4.54. The predicted molar refractivity (Wildman–Crippen MR) is 55.6 cm³/mol. The number of hydrogen-bond acceptors (Lipinski definition) is 3. The summed E-state index contributed by atoms with van der Waals surface area (Å²) in [5.74, 6) is 0. The smallest absolute Gasteiger partial charge is 0.0992 e. The number of nitrogens with zero attached hydrogens (tertiary/aromatic N) is 2. The highest BCUT2D eigenvalue weighted by atomic mass is 15.2. The minimum absolute atomic E-state index is 0.696. The van der Waals surface area contributed by atoms with Gasteiger partial charge in [-0.05, 0) is 18.2 Å². The molecule has 0 aromatic heterocycles. The first kappa shape index (κ1) is 8.79. The summed E-state index contributed by atoms with van der Waals surface area (Å²) in [6.45, 7) is 1.71. The van der Waals surface area contributed by atoms with E-state index in [1.807, 2.05) is 30.5 Å². The largest absolute Gasteiger partial charge is 0.335 e. The van der Waals surface area contributed by atoms with E-state index in [0.29, 0.717) is 5.56 Å². The highest BCUT2D eigenvalue weighted by Gasteiger charge is 2.05. The van der Waals surface area contributed by atoms with Gasteiger partial charge in [-0.2, -0.15) is 5.26 Å². The van der Waals surface area contributed by atoms with Gasteiger partial charge in [-0.1, -0.05) is 12.1 Å². The van der Waals surface area contributed by atoms with Gasteiger partial charge in [0.1, 0.15) is 0 Å². The molecule has 1 heterocycles. The number of nitriles is 1. The fourth-order valence-electron chi connectivity index (χ4n) is 1.43. The van der Waals surface area contributed by atoms with Crippen molar-refractivity contribution in [1.82, 2.24) is 5.32 Å². The first-order valence-corrected chi connectivity index (χ1v) is 4.54. The van der Waals surface area contributed by atoms with E-state index in [9.17, 15) is 0 Å². The summed E-state index contributed by atoms with van der Waals surface area (Å²) in [7, 11) is 0. The molecule has 0 fully saturated rings. The van der Waals surface area contributed by atoms with E-state index < -0.39 is 0 Å². The molecule has 2 rings (SSSR count). The Labute approximate surface area is 83.3 Å². The van der Waals surface area contributed by atoms with Crippen LogP contribution in [0.2, 0.25) is 0 Å². The maximum absolute atomic E-state index is 8.76. The summed E-state index contributed by atoms with van der Waals surface area (Å²) < 4.78 is 0. The van der Waals surface area contributed by atoms with Crippen molar-refractivity contribution in [2.24, 2.45) is 0 Å². The highest BCUT2D eigenvalue weighted by Crippen LogP contribution is 2.16. The second-order valence-electron chi connectivity index (χ2n) is 3.13. The standard InChI is InChI=1S/C11H11N3/c12-8-10-3-1-4-11(7-10)14-6-2-5-13-9-14/h1-4,6-7,13H,5,9H2. The molecule has 70 valence electrons. The van der Waals surface area contributed by atoms with Crippen molar-refractivity contribution in [3.8, 4) is 6.07 Å². The van der Waals surface area contributed by atoms with Gasteiger partial charge in [0.25, 0.3) is 0 Å². The molecule has 1 N–H and O–H groups in total. The Kier molecular flexibility index (Phi) is 2.48. The normalized spacial score (nSPS) is 15.2. The summed E-state index contributed by atoms with van der Waals surface area (Å²) in [4.78, 5) is 2.07. The van der Waals surface area contributed by atoms with Gasteiger partial charge >= 0.3 is 0 Å². The van der Waals surface area contributed by atoms with E-state index in [4.69, 9.17) is 5.26 Å². The molecule has 3 heteroatoms. The first-order chi connectivity index (χ1) is 6.90. The molecule has 0 aliphatic carbocycles. The van der Waals surface area contributed by atoms with E-state index in [2.05, 4.69) is 22.4 Å². The number of benzene rings is 1. The molecule has 3 nitrogen and oxygen atoms in total. The summed E-state index contributed by atoms with van der Waals surface area (Å²) in [6, 6.07) is 9.73. The Morgan fingerprint density at radius 1 is 1.43 bits per heavy atom. The Balaban J connectivity index is 2.27. The Bertz CT molecular complexity index is 390. The zero-order valence-electron chi connectivity index (χ0n) is 7.77. The molecule has 0 radical (unpaired) electrons. The molecule has 14 heavy (non-hydrogen) atoms. The van der Waals surface area contributed by atoms with Crippen molar-refractivity contribution >= 4 is 5.69 Å². The molecule has 0 atom stereocenters. The molecule has 0 unspecified atom stereocenters. The monoisotopic (exact) mass is 185 g/mol. The van der Waals surface area contributed by atoms with Gasteiger partial charge in [0.15, 0.2) is 0 Å². The lowest BCUT2D eigenvalue weighted by molar-refractivity contribution is 0.722. The van der Waals surface area contributed by atoms with Crippen LogP contribution in [0.5, 0.6) is 0 Å². The zero-order valence-corrected chi connectivity index (χ0v) is 7.77. The van der Waals surface area contributed by atoms with Gasteiger partial charge in [0, 0.05) is 18.4 Å². The van der Waals surface area contributed by atoms with Crippen LogP contribution in [0, 0.1) is 11.3 Å². The summed E-state index contributed by atoms with van der Waals surface area (Å²) in [5, 5.41) is 12.0. The van der Waals surface area contributed by atoms with Crippen LogP contribution >= 0.6 is 0 Å². The van der Waals surface area contributed by atoms with Crippen LogP contribution in [0.4, 0.5) is 5.69 Å². The van der Waals surface area contributed by atoms with E-state index in [1.54, 1.807) is 0 Å². The molecule has 0 bridgehead atoms. The van der Waals surface area contributed by atoms with Gasteiger partial charge in [-0.15, -0.1) is 0 Å². The quantitative estimate of drug-likeness (QED) is 0.719. The van der Waals surface area contributed by atoms with Crippen molar-refractivity contribution in [3.05, 3.63) is 42.1 Å². The van der Waals surface area contributed by atoms with E-state index in [1.165, 1.54) is 0 Å². The van der Waals surface area contributed by atoms with Crippen LogP contribution in [0.1, 0.15) is 5.56 Å². The SMILES string of the molecule is N#Cc1cccc(N2C=CCNC2)c1. The third-order valence-electron chi connectivity index (χ3n) is 2.14. The fraction of sp³-hybridized carbons (Fsp3) is 0.182. The molecule has 0 saturated carbocycles. The van der Waals surface area contributed by atoms with Gasteiger partial charge in [-0.3, -0.25) is 5.32 Å². The Morgan fingerprint density at radius 2 is 2.36 bits per heavy atom. The van der Waals surface area contributed by atoms with Gasteiger partial charge in [-0.25, -0.2) is 0 Å². The summed E-state index contributed by atoms with van der Waals surface area (Å²) in [6.07, 6.45) is 4.09. The van der Waals surface area contributed by atoms with Crippen LogP contribution in [0.25, 0.3) is 0 Å². The van der Waals surface area contributed by atoms with Crippen molar-refractivity contribution in [3.63, 3.8) is 0 Å². The van der Waals surface area contributed by atoms with Crippen LogP contribution in [-0.4, -0.2) is 13.2 Å². The second-order valence-corrected chi connectivity index (χ2v) is 3.13. The van der Waals surface area contributed by atoms with Gasteiger partial charge < -0.3 is 4.90 Å². The van der Waals surface area contributed by atoms with Crippen molar-refractivity contribution in [2.75, 3.05) is 18.1 Å². The highest BCUT2D eigenvalue weighted by molar-refractivity contribution is 5.53. The maximum atomic E-state index is 8.76. The van der Waals surface area contributed by atoms with Gasteiger partial charge in [0.05, 0.1) is 18.3 Å². The topological polar surface area (TPSA) is 39.1 Å². The molecule has 1 aromatic rings. The average molecular weight is 185 g/mol. The zero-order chi connectivity index (χ0) is 9.80. The molecular weight excluding hydrogens is 174 g/mol. The minimum Gasteiger partial charge on any atom is -0.335 e. The summed E-state index contributed by atoms with van der Waals surface area (Å²) >= 11 is 0. The lowest BCUT2D eigenvalue weighted by Crippen LogP contribution is -2.34. The van der Waals surface area contributed by atoms with Crippen LogP contribution < -0.4 is 10.2 Å². The van der Waals surface area contributed by atoms with Crippen molar-refractivity contribution < 1.29 is 0 Å². The molecule has 0 saturated heterocycles. The number of hydrogen-bond donors (Lipinski definition) is 1. The maximum Gasteiger partial charge on any atom is 0.0992 e. The van der Waals surface area contributed by atoms with Crippen LogP contribution in [0.3, 0.4) is 0 Å². The Morgan fingerprint density at radius 3 is 3.07 bits per heavy atom. The number of rotatable bonds is 1. The van der Waals surface area contributed by atoms with E-state index >= 15 is 0 Å². The van der Waals surface area contributed by atoms with E-state index in [-0.39, 0.29) is 0 Å². The fourth-order valence-corrected chi connectivity index (χ4v) is 1.43. The van der Waals surface area contributed by atoms with Crippen LogP contribution in [-0.2, 0) is 0 Å².